The summed E-state index contributed by atoms with van der Waals surface area (Å²) < 4.78 is 59.3. The highest BCUT2D eigenvalue weighted by Crippen LogP contribution is 2.37. The third-order valence-electron chi connectivity index (χ3n) is 3.79. The molecule has 1 aromatic heterocycles. The number of aromatic nitrogens is 2. The van der Waals surface area contributed by atoms with E-state index < -0.39 is 29.7 Å². The third kappa shape index (κ3) is 3.17. The van der Waals surface area contributed by atoms with Crippen molar-refractivity contribution in [1.82, 2.24) is 9.78 Å². The maximum Gasteiger partial charge on any atom is 0.387 e. The number of para-hydroxylation sites is 1. The molecule has 138 valence electrons. The maximum atomic E-state index is 14.5. The van der Waals surface area contributed by atoms with E-state index in [1.54, 1.807) is 0 Å². The monoisotopic (exact) mass is 377 g/mol. The number of carbonyl (C=O) groups is 1. The van der Waals surface area contributed by atoms with Crippen LogP contribution in [0.1, 0.15) is 10.4 Å². The average Bonchev–Trinajstić information content (AvgIpc) is 2.96. The predicted molar refractivity (Wildman–Crippen MR) is 89.1 cm³/mol. The molecule has 0 bridgehead atoms. The minimum absolute atomic E-state index is 0.0461. The van der Waals surface area contributed by atoms with E-state index in [0.29, 0.717) is 0 Å². The Labute approximate surface area is 150 Å². The molecule has 9 heteroatoms. The van der Waals surface area contributed by atoms with Crippen molar-refractivity contribution < 1.29 is 27.1 Å². The van der Waals surface area contributed by atoms with Crippen molar-refractivity contribution >= 4 is 16.8 Å². The summed E-state index contributed by atoms with van der Waals surface area (Å²) >= 11 is 0. The molecule has 0 radical (unpaired) electrons. The summed E-state index contributed by atoms with van der Waals surface area (Å²) in [4.78, 5) is 11.7. The van der Waals surface area contributed by atoms with Crippen LogP contribution in [0.4, 0.5) is 17.6 Å². The molecule has 0 unspecified atom stereocenters. The van der Waals surface area contributed by atoms with E-state index in [4.69, 9.17) is 12.2 Å². The normalized spacial score (nSPS) is 11.0. The number of nitrogens with zero attached hydrogens (tertiary/aromatic N) is 2. The fraction of sp³-hybridized carbons (Fsp3) is 0.111. The Morgan fingerprint density at radius 3 is 2.67 bits per heavy atom. The summed E-state index contributed by atoms with van der Waals surface area (Å²) in [6, 6.07) is 5.82. The van der Waals surface area contributed by atoms with Gasteiger partial charge in [0.1, 0.15) is 17.8 Å². The Hall–Kier alpha value is -3.54. The zero-order chi connectivity index (χ0) is 19.7. The lowest BCUT2D eigenvalue weighted by Crippen LogP contribution is -2.14. The molecule has 0 saturated heterocycles. The van der Waals surface area contributed by atoms with Crippen molar-refractivity contribution in [1.29, 1.82) is 0 Å². The van der Waals surface area contributed by atoms with Gasteiger partial charge in [0.25, 0.3) is 0 Å². The van der Waals surface area contributed by atoms with Crippen LogP contribution in [-0.4, -0.2) is 22.3 Å². The fourth-order valence-corrected chi connectivity index (χ4v) is 2.77. The first kappa shape index (κ1) is 18.3. The molecule has 0 spiro atoms. The first-order valence-electron chi connectivity index (χ1n) is 7.51. The number of hydrogen-bond acceptors (Lipinski definition) is 3. The molecule has 3 aromatic rings. The summed E-state index contributed by atoms with van der Waals surface area (Å²) in [5.41, 5.74) is 4.32. The van der Waals surface area contributed by atoms with Gasteiger partial charge in [-0.15, -0.1) is 6.42 Å². The summed E-state index contributed by atoms with van der Waals surface area (Å²) in [5, 5.41) is 4.23. The number of rotatable bonds is 5. The van der Waals surface area contributed by atoms with Gasteiger partial charge in [0, 0.05) is 5.39 Å². The first-order chi connectivity index (χ1) is 12.8. The van der Waals surface area contributed by atoms with Crippen LogP contribution in [-0.2, 0) is 6.54 Å². The van der Waals surface area contributed by atoms with E-state index in [1.807, 2.05) is 0 Å². The SMILES string of the molecule is C#CCn1nc(-c2c(C(N)=O)ccc(F)c2F)c2cccc(OC(F)F)c21. The molecule has 0 aliphatic heterocycles. The maximum absolute atomic E-state index is 14.5. The number of ether oxygens (including phenoxy) is 1. The van der Waals surface area contributed by atoms with E-state index in [1.165, 1.54) is 18.2 Å². The highest BCUT2D eigenvalue weighted by molar-refractivity contribution is 6.05. The Morgan fingerprint density at radius 2 is 2.04 bits per heavy atom. The highest BCUT2D eigenvalue weighted by Gasteiger charge is 2.25. The van der Waals surface area contributed by atoms with Crippen molar-refractivity contribution in [2.45, 2.75) is 13.2 Å². The molecule has 27 heavy (non-hydrogen) atoms. The molecule has 0 atom stereocenters. The van der Waals surface area contributed by atoms with Gasteiger partial charge in [0.05, 0.1) is 11.1 Å². The number of benzene rings is 2. The number of fused-ring (bicyclic) bond motifs is 1. The molecule has 5 nitrogen and oxygen atoms in total. The van der Waals surface area contributed by atoms with Crippen LogP contribution in [0.3, 0.4) is 0 Å². The Bertz CT molecular complexity index is 1090. The summed E-state index contributed by atoms with van der Waals surface area (Å²) in [6.07, 6.45) is 5.28. The quantitative estimate of drug-likeness (QED) is 0.548. The van der Waals surface area contributed by atoms with Gasteiger partial charge in [-0.2, -0.15) is 13.9 Å². The van der Waals surface area contributed by atoms with Crippen LogP contribution in [0, 0.1) is 24.0 Å². The van der Waals surface area contributed by atoms with E-state index in [0.717, 1.165) is 16.8 Å². The Balaban J connectivity index is 2.40. The van der Waals surface area contributed by atoms with Gasteiger partial charge in [-0.3, -0.25) is 4.79 Å². The van der Waals surface area contributed by atoms with E-state index in [2.05, 4.69) is 15.8 Å². The zero-order valence-electron chi connectivity index (χ0n) is 13.5. The molecule has 0 saturated carbocycles. The zero-order valence-corrected chi connectivity index (χ0v) is 13.5. The molecule has 1 heterocycles. The molecule has 2 N–H and O–H groups in total. The Morgan fingerprint density at radius 1 is 1.30 bits per heavy atom. The molecule has 0 fully saturated rings. The molecule has 0 aliphatic carbocycles. The van der Waals surface area contributed by atoms with Crippen molar-refractivity contribution in [2.24, 2.45) is 5.73 Å². The number of hydrogen-bond donors (Lipinski definition) is 1. The second-order valence-corrected chi connectivity index (χ2v) is 5.39. The van der Waals surface area contributed by atoms with Gasteiger partial charge in [-0.25, -0.2) is 13.5 Å². The topological polar surface area (TPSA) is 70.1 Å². The lowest BCUT2D eigenvalue weighted by molar-refractivity contribution is -0.0490. The molecular formula is C18H11F4N3O2. The van der Waals surface area contributed by atoms with Crippen molar-refractivity contribution in [3.63, 3.8) is 0 Å². The van der Waals surface area contributed by atoms with Crippen LogP contribution in [0.2, 0.25) is 0 Å². The lowest BCUT2D eigenvalue weighted by atomic mass is 10.00. The fourth-order valence-electron chi connectivity index (χ4n) is 2.77. The van der Waals surface area contributed by atoms with Crippen LogP contribution in [0.5, 0.6) is 5.75 Å². The molecule has 3 rings (SSSR count). The lowest BCUT2D eigenvalue weighted by Gasteiger charge is -2.08. The van der Waals surface area contributed by atoms with Gasteiger partial charge < -0.3 is 10.5 Å². The first-order valence-corrected chi connectivity index (χ1v) is 7.51. The minimum Gasteiger partial charge on any atom is -0.433 e. The Kier molecular flexibility index (Phi) is 4.73. The molecule has 1 amide bonds. The summed E-state index contributed by atoms with van der Waals surface area (Å²) in [7, 11) is 0. The molecular weight excluding hydrogens is 366 g/mol. The number of halogens is 4. The number of primary amides is 1. The number of amides is 1. The van der Waals surface area contributed by atoms with E-state index in [9.17, 15) is 22.4 Å². The third-order valence-corrected chi connectivity index (χ3v) is 3.79. The average molecular weight is 377 g/mol. The van der Waals surface area contributed by atoms with E-state index in [-0.39, 0.29) is 34.5 Å². The number of carbonyl (C=O) groups excluding carboxylic acids is 1. The van der Waals surface area contributed by atoms with E-state index >= 15 is 0 Å². The van der Waals surface area contributed by atoms with Gasteiger partial charge in [0.15, 0.2) is 17.4 Å². The standard InChI is InChI=1S/C18H11F4N3O2/c1-2-8-25-16-10(4-3-5-12(16)27-18(21)22)15(24-25)13-9(17(23)26)6-7-11(19)14(13)20/h1,3-7,18H,8H2,(H2,23,26). The smallest absolute Gasteiger partial charge is 0.387 e. The predicted octanol–water partition coefficient (Wildman–Crippen LogP) is 3.32. The molecule has 2 aromatic carbocycles. The number of nitrogens with two attached hydrogens (primary N) is 1. The van der Waals surface area contributed by atoms with Crippen molar-refractivity contribution in [3.8, 4) is 29.4 Å². The van der Waals surface area contributed by atoms with Crippen LogP contribution < -0.4 is 10.5 Å². The highest BCUT2D eigenvalue weighted by atomic mass is 19.3. The minimum atomic E-state index is -3.12. The van der Waals surface area contributed by atoms with Crippen LogP contribution in [0.15, 0.2) is 30.3 Å². The van der Waals surface area contributed by atoms with Gasteiger partial charge >= 0.3 is 6.61 Å². The summed E-state index contributed by atoms with van der Waals surface area (Å²) in [5.74, 6) is -1.56. The molecule has 0 aliphatic rings. The van der Waals surface area contributed by atoms with Gasteiger partial charge in [-0.05, 0) is 18.2 Å². The van der Waals surface area contributed by atoms with Crippen molar-refractivity contribution in [2.75, 3.05) is 0 Å². The second-order valence-electron chi connectivity index (χ2n) is 5.39. The second kappa shape index (κ2) is 6.99. The van der Waals surface area contributed by atoms with Crippen molar-refractivity contribution in [3.05, 3.63) is 47.5 Å². The van der Waals surface area contributed by atoms with Crippen LogP contribution in [0.25, 0.3) is 22.2 Å². The number of terminal acetylenes is 1. The van der Waals surface area contributed by atoms with Gasteiger partial charge in [0.2, 0.25) is 5.91 Å². The number of alkyl halides is 2. The largest absolute Gasteiger partial charge is 0.433 e. The van der Waals surface area contributed by atoms with Gasteiger partial charge in [-0.1, -0.05) is 18.1 Å². The van der Waals surface area contributed by atoms with Crippen LogP contribution >= 0.6 is 0 Å². The summed E-state index contributed by atoms with van der Waals surface area (Å²) in [6.45, 7) is -3.29.